The number of halogens is 2. The number of nitrogens with zero attached hydrogens (tertiary/aromatic N) is 2. The van der Waals surface area contributed by atoms with E-state index < -0.39 is 0 Å². The Morgan fingerprint density at radius 2 is 1.89 bits per heavy atom. The minimum absolute atomic E-state index is 0.195. The predicted octanol–water partition coefficient (Wildman–Crippen LogP) is 3.61. The molecule has 0 aliphatic carbocycles. The summed E-state index contributed by atoms with van der Waals surface area (Å²) in [7, 11) is 4.17. The van der Waals surface area contributed by atoms with Crippen LogP contribution in [0.4, 0.5) is 4.39 Å². The Labute approximate surface area is 124 Å². The number of rotatable bonds is 7. The number of benzene rings is 1. The fraction of sp³-hybridized carbons (Fsp3) is 0.600. The van der Waals surface area contributed by atoms with Gasteiger partial charge < -0.3 is 4.90 Å². The lowest BCUT2D eigenvalue weighted by Gasteiger charge is -2.26. The second kappa shape index (κ2) is 7.98. The maximum atomic E-state index is 13.1. The molecule has 0 saturated heterocycles. The van der Waals surface area contributed by atoms with Gasteiger partial charge in [0.05, 0.1) is 0 Å². The van der Waals surface area contributed by atoms with E-state index >= 15 is 0 Å². The van der Waals surface area contributed by atoms with Gasteiger partial charge in [-0.15, -0.1) is 0 Å². The molecule has 0 N–H and O–H groups in total. The molecule has 1 aromatic rings. The monoisotopic (exact) mass is 330 g/mol. The summed E-state index contributed by atoms with van der Waals surface area (Å²) in [6.45, 7) is 8.41. The van der Waals surface area contributed by atoms with E-state index in [1.165, 1.54) is 12.1 Å². The molecule has 1 aromatic carbocycles. The number of hydrogen-bond donors (Lipinski definition) is 0. The van der Waals surface area contributed by atoms with Crippen LogP contribution in [0.25, 0.3) is 0 Å². The Balaban J connectivity index is 2.69. The highest BCUT2D eigenvalue weighted by Gasteiger charge is 2.11. The number of likely N-dealkylation sites (N-methyl/N-ethyl adjacent to an activating group) is 1. The van der Waals surface area contributed by atoms with Crippen LogP contribution in [0.2, 0.25) is 0 Å². The van der Waals surface area contributed by atoms with E-state index in [1.807, 2.05) is 6.07 Å². The Morgan fingerprint density at radius 3 is 2.42 bits per heavy atom. The molecule has 2 nitrogen and oxygen atoms in total. The molecule has 0 fully saturated rings. The van der Waals surface area contributed by atoms with Crippen LogP contribution >= 0.6 is 15.9 Å². The van der Waals surface area contributed by atoms with E-state index in [0.717, 1.165) is 36.2 Å². The molecule has 0 aliphatic rings. The third kappa shape index (κ3) is 6.50. The van der Waals surface area contributed by atoms with Crippen LogP contribution in [-0.2, 0) is 6.54 Å². The summed E-state index contributed by atoms with van der Waals surface area (Å²) >= 11 is 3.44. The highest BCUT2D eigenvalue weighted by Crippen LogP contribution is 2.20. The van der Waals surface area contributed by atoms with E-state index in [1.54, 1.807) is 0 Å². The summed E-state index contributed by atoms with van der Waals surface area (Å²) in [4.78, 5) is 4.61. The maximum absolute atomic E-state index is 13.1. The molecule has 0 aromatic heterocycles. The summed E-state index contributed by atoms with van der Waals surface area (Å²) in [5.41, 5.74) is 1.14. The third-order valence-electron chi connectivity index (χ3n) is 2.90. The van der Waals surface area contributed by atoms with Crippen molar-refractivity contribution in [2.75, 3.05) is 33.7 Å². The first-order valence-corrected chi connectivity index (χ1v) is 7.48. The van der Waals surface area contributed by atoms with Gasteiger partial charge in [0.25, 0.3) is 0 Å². The smallest absolute Gasteiger partial charge is 0.124 e. The van der Waals surface area contributed by atoms with Crippen molar-refractivity contribution in [3.63, 3.8) is 0 Å². The molecule has 1 rings (SSSR count). The lowest BCUT2D eigenvalue weighted by molar-refractivity contribution is 0.211. The normalized spacial score (nSPS) is 11.8. The van der Waals surface area contributed by atoms with Gasteiger partial charge in [-0.2, -0.15) is 0 Å². The van der Waals surface area contributed by atoms with Crippen LogP contribution in [0.15, 0.2) is 22.7 Å². The molecule has 0 bridgehead atoms. The number of hydrogen-bond acceptors (Lipinski definition) is 2. The highest BCUT2D eigenvalue weighted by atomic mass is 79.9. The van der Waals surface area contributed by atoms with Gasteiger partial charge in [0.2, 0.25) is 0 Å². The Morgan fingerprint density at radius 1 is 1.21 bits per heavy atom. The average Bonchev–Trinajstić information content (AvgIpc) is 2.28. The fourth-order valence-corrected chi connectivity index (χ4v) is 2.46. The molecule has 0 aliphatic heterocycles. The minimum atomic E-state index is -0.195. The van der Waals surface area contributed by atoms with Gasteiger partial charge in [-0.3, -0.25) is 4.90 Å². The Bertz CT molecular complexity index is 394. The topological polar surface area (TPSA) is 6.48 Å². The molecule has 0 spiro atoms. The molecule has 0 unspecified atom stereocenters. The Hall–Kier alpha value is -0.450. The summed E-state index contributed by atoms with van der Waals surface area (Å²) < 4.78 is 14.0. The van der Waals surface area contributed by atoms with Crippen LogP contribution in [0.3, 0.4) is 0 Å². The van der Waals surface area contributed by atoms with E-state index in [4.69, 9.17) is 0 Å². The zero-order valence-corrected chi connectivity index (χ0v) is 13.9. The zero-order chi connectivity index (χ0) is 14.4. The second-order valence-corrected chi connectivity index (χ2v) is 6.52. The van der Waals surface area contributed by atoms with Gasteiger partial charge in [0, 0.05) is 30.7 Å². The van der Waals surface area contributed by atoms with E-state index in [0.29, 0.717) is 5.92 Å². The van der Waals surface area contributed by atoms with Crippen LogP contribution < -0.4 is 0 Å². The van der Waals surface area contributed by atoms with Crippen molar-refractivity contribution in [3.05, 3.63) is 34.1 Å². The van der Waals surface area contributed by atoms with Gasteiger partial charge >= 0.3 is 0 Å². The second-order valence-electron chi connectivity index (χ2n) is 5.67. The van der Waals surface area contributed by atoms with Crippen LogP contribution in [-0.4, -0.2) is 43.5 Å². The molecule has 108 valence electrons. The summed E-state index contributed by atoms with van der Waals surface area (Å²) in [6.07, 6.45) is 0. The standard InChI is InChI=1S/C15H24BrFN2/c1-12(2)10-19(8-7-18(3)4)11-13-5-6-14(17)9-15(13)16/h5-6,9,12H,7-8,10-11H2,1-4H3. The summed E-state index contributed by atoms with van der Waals surface area (Å²) in [6, 6.07) is 4.93. The van der Waals surface area contributed by atoms with Crippen molar-refractivity contribution in [1.82, 2.24) is 9.80 Å². The maximum Gasteiger partial charge on any atom is 0.124 e. The molecule has 0 saturated carbocycles. The van der Waals surface area contributed by atoms with E-state index in [-0.39, 0.29) is 5.82 Å². The molecule has 0 atom stereocenters. The lowest BCUT2D eigenvalue weighted by atomic mass is 10.1. The third-order valence-corrected chi connectivity index (χ3v) is 3.63. The first kappa shape index (κ1) is 16.6. The van der Waals surface area contributed by atoms with Crippen molar-refractivity contribution in [2.45, 2.75) is 20.4 Å². The first-order valence-electron chi connectivity index (χ1n) is 6.69. The van der Waals surface area contributed by atoms with Crippen molar-refractivity contribution >= 4 is 15.9 Å². The van der Waals surface area contributed by atoms with E-state index in [2.05, 4.69) is 53.7 Å². The van der Waals surface area contributed by atoms with Crippen LogP contribution in [0.5, 0.6) is 0 Å². The minimum Gasteiger partial charge on any atom is -0.308 e. The van der Waals surface area contributed by atoms with Crippen LogP contribution in [0.1, 0.15) is 19.4 Å². The Kier molecular flexibility index (Phi) is 6.97. The van der Waals surface area contributed by atoms with Gasteiger partial charge in [0.1, 0.15) is 5.82 Å². The lowest BCUT2D eigenvalue weighted by Crippen LogP contribution is -2.34. The van der Waals surface area contributed by atoms with E-state index in [9.17, 15) is 4.39 Å². The molecule has 0 radical (unpaired) electrons. The molecular weight excluding hydrogens is 307 g/mol. The van der Waals surface area contributed by atoms with Crippen molar-refractivity contribution in [2.24, 2.45) is 5.92 Å². The van der Waals surface area contributed by atoms with Gasteiger partial charge in [-0.25, -0.2) is 4.39 Å². The highest BCUT2D eigenvalue weighted by molar-refractivity contribution is 9.10. The van der Waals surface area contributed by atoms with Gasteiger partial charge in [0.15, 0.2) is 0 Å². The molecule has 4 heteroatoms. The largest absolute Gasteiger partial charge is 0.308 e. The SMILES string of the molecule is CC(C)CN(CCN(C)C)Cc1ccc(F)cc1Br. The zero-order valence-electron chi connectivity index (χ0n) is 12.3. The van der Waals surface area contributed by atoms with Gasteiger partial charge in [-0.1, -0.05) is 35.8 Å². The molecule has 19 heavy (non-hydrogen) atoms. The predicted molar refractivity (Wildman–Crippen MR) is 82.8 cm³/mol. The fourth-order valence-electron chi connectivity index (χ4n) is 1.98. The van der Waals surface area contributed by atoms with Crippen molar-refractivity contribution in [3.8, 4) is 0 Å². The summed E-state index contributed by atoms with van der Waals surface area (Å²) in [5, 5.41) is 0. The quantitative estimate of drug-likeness (QED) is 0.753. The van der Waals surface area contributed by atoms with Crippen LogP contribution in [0, 0.1) is 11.7 Å². The van der Waals surface area contributed by atoms with Crippen molar-refractivity contribution < 1.29 is 4.39 Å². The van der Waals surface area contributed by atoms with Crippen molar-refractivity contribution in [1.29, 1.82) is 0 Å². The average molecular weight is 331 g/mol. The summed E-state index contributed by atoms with van der Waals surface area (Å²) in [5.74, 6) is 0.431. The molecular formula is C15H24BrFN2. The molecule has 0 amide bonds. The van der Waals surface area contributed by atoms with Gasteiger partial charge in [-0.05, 0) is 37.7 Å². The molecule has 0 heterocycles. The first-order chi connectivity index (χ1) is 8.88.